The summed E-state index contributed by atoms with van der Waals surface area (Å²) in [6.07, 6.45) is 0. The lowest BCUT2D eigenvalue weighted by Crippen LogP contribution is -2.12. The monoisotopic (exact) mass is 294 g/mol. The highest BCUT2D eigenvalue weighted by molar-refractivity contribution is 6.42. The Bertz CT molecular complexity index is 641. The molecule has 5 heteroatoms. The number of rotatable bonds is 3. The molecule has 0 spiro atoms. The first kappa shape index (κ1) is 13.7. The first-order chi connectivity index (χ1) is 8.97. The van der Waals surface area contributed by atoms with Gasteiger partial charge in [-0.3, -0.25) is 5.41 Å². The Labute approximate surface area is 121 Å². The molecule has 0 fully saturated rings. The van der Waals surface area contributed by atoms with Gasteiger partial charge in [0.1, 0.15) is 17.3 Å². The van der Waals surface area contributed by atoms with Crippen molar-refractivity contribution in [3.05, 3.63) is 57.6 Å². The predicted octanol–water partition coefficient (Wildman–Crippen LogP) is 4.38. The second kappa shape index (κ2) is 5.51. The molecule has 2 rings (SSSR count). The molecule has 0 aliphatic heterocycles. The molecule has 2 aromatic rings. The Morgan fingerprint density at radius 3 is 2.26 bits per heavy atom. The molecular formula is C14H12Cl2N2O. The van der Waals surface area contributed by atoms with Crippen molar-refractivity contribution in [2.45, 2.75) is 6.92 Å². The molecule has 0 aliphatic carbocycles. The molecule has 0 radical (unpaired) electrons. The van der Waals surface area contributed by atoms with E-state index in [2.05, 4.69) is 0 Å². The smallest absolute Gasteiger partial charge is 0.129 e. The summed E-state index contributed by atoms with van der Waals surface area (Å²) in [5, 5.41) is 8.35. The standard InChI is InChI=1S/C14H12Cl2N2O/c1-8-6-9(2-4-11(8)14(17)18)19-10-3-5-12(15)13(16)7-10/h2-7H,1H3,(H3,17,18). The minimum Gasteiger partial charge on any atom is -0.457 e. The van der Waals surface area contributed by atoms with Crippen molar-refractivity contribution in [2.75, 3.05) is 0 Å². The molecule has 2 aromatic carbocycles. The molecule has 0 unspecified atom stereocenters. The van der Waals surface area contributed by atoms with Crippen LogP contribution in [0.1, 0.15) is 11.1 Å². The summed E-state index contributed by atoms with van der Waals surface area (Å²) in [7, 11) is 0. The van der Waals surface area contributed by atoms with Gasteiger partial charge in [-0.2, -0.15) is 0 Å². The maximum atomic E-state index is 7.42. The zero-order chi connectivity index (χ0) is 14.0. The highest BCUT2D eigenvalue weighted by atomic mass is 35.5. The molecule has 0 saturated carbocycles. The Morgan fingerprint density at radius 1 is 1.05 bits per heavy atom. The number of ether oxygens (including phenoxy) is 1. The van der Waals surface area contributed by atoms with E-state index in [0.29, 0.717) is 27.1 Å². The molecule has 0 saturated heterocycles. The van der Waals surface area contributed by atoms with Crippen LogP contribution in [0.4, 0.5) is 0 Å². The van der Waals surface area contributed by atoms with Crippen molar-refractivity contribution < 1.29 is 4.74 Å². The number of amidine groups is 1. The number of nitrogens with two attached hydrogens (primary N) is 1. The largest absolute Gasteiger partial charge is 0.457 e. The Morgan fingerprint density at radius 2 is 1.68 bits per heavy atom. The lowest BCUT2D eigenvalue weighted by molar-refractivity contribution is 0.482. The van der Waals surface area contributed by atoms with E-state index in [-0.39, 0.29) is 5.84 Å². The maximum Gasteiger partial charge on any atom is 0.129 e. The molecule has 19 heavy (non-hydrogen) atoms. The molecule has 3 nitrogen and oxygen atoms in total. The summed E-state index contributed by atoms with van der Waals surface area (Å²) >= 11 is 11.8. The average Bonchev–Trinajstić information content (AvgIpc) is 2.33. The van der Waals surface area contributed by atoms with Crippen molar-refractivity contribution in [3.63, 3.8) is 0 Å². The number of nitrogen functional groups attached to an aromatic ring is 1. The van der Waals surface area contributed by atoms with Crippen molar-refractivity contribution in [3.8, 4) is 11.5 Å². The third kappa shape index (κ3) is 3.19. The van der Waals surface area contributed by atoms with Gasteiger partial charge in [-0.25, -0.2) is 0 Å². The molecule has 98 valence electrons. The zero-order valence-electron chi connectivity index (χ0n) is 10.2. The minimum atomic E-state index is 0.0404. The van der Waals surface area contributed by atoms with E-state index in [9.17, 15) is 0 Å². The fraction of sp³-hybridized carbons (Fsp3) is 0.0714. The van der Waals surface area contributed by atoms with Gasteiger partial charge in [-0.05, 0) is 42.8 Å². The lowest BCUT2D eigenvalue weighted by atomic mass is 10.1. The quantitative estimate of drug-likeness (QED) is 0.652. The summed E-state index contributed by atoms with van der Waals surface area (Å²) in [6.45, 7) is 1.87. The fourth-order valence-electron chi connectivity index (χ4n) is 1.68. The molecule has 0 atom stereocenters. The van der Waals surface area contributed by atoms with Crippen LogP contribution in [-0.2, 0) is 0 Å². The SMILES string of the molecule is Cc1cc(Oc2ccc(Cl)c(Cl)c2)ccc1C(=N)N. The van der Waals surface area contributed by atoms with Crippen LogP contribution < -0.4 is 10.5 Å². The minimum absolute atomic E-state index is 0.0404. The first-order valence-corrected chi connectivity index (χ1v) is 6.31. The van der Waals surface area contributed by atoms with Gasteiger partial charge < -0.3 is 10.5 Å². The number of nitrogens with one attached hydrogen (secondary N) is 1. The first-order valence-electron chi connectivity index (χ1n) is 5.55. The Kier molecular flexibility index (Phi) is 3.98. The number of hydrogen-bond donors (Lipinski definition) is 2. The maximum absolute atomic E-state index is 7.42. The summed E-state index contributed by atoms with van der Waals surface area (Å²) in [5.41, 5.74) is 7.04. The van der Waals surface area contributed by atoms with E-state index in [4.69, 9.17) is 39.1 Å². The Hall–Kier alpha value is -1.71. The average molecular weight is 295 g/mol. The molecule has 0 heterocycles. The topological polar surface area (TPSA) is 59.1 Å². The predicted molar refractivity (Wildman–Crippen MR) is 78.7 cm³/mol. The van der Waals surface area contributed by atoms with Gasteiger partial charge >= 0.3 is 0 Å². The van der Waals surface area contributed by atoms with Gasteiger partial charge in [0.15, 0.2) is 0 Å². The van der Waals surface area contributed by atoms with E-state index in [0.717, 1.165) is 5.56 Å². The van der Waals surface area contributed by atoms with E-state index in [1.165, 1.54) is 0 Å². The van der Waals surface area contributed by atoms with Crippen LogP contribution in [0.5, 0.6) is 11.5 Å². The van der Waals surface area contributed by atoms with Gasteiger partial charge in [0, 0.05) is 11.6 Å². The third-order valence-electron chi connectivity index (χ3n) is 2.61. The summed E-state index contributed by atoms with van der Waals surface area (Å²) in [4.78, 5) is 0. The lowest BCUT2D eigenvalue weighted by Gasteiger charge is -2.09. The van der Waals surface area contributed by atoms with Crippen LogP contribution in [-0.4, -0.2) is 5.84 Å². The molecule has 0 aliphatic rings. The third-order valence-corrected chi connectivity index (χ3v) is 3.35. The number of halogens is 2. The van der Waals surface area contributed by atoms with Crippen LogP contribution in [0.25, 0.3) is 0 Å². The van der Waals surface area contributed by atoms with Crippen molar-refractivity contribution in [2.24, 2.45) is 5.73 Å². The van der Waals surface area contributed by atoms with Crippen LogP contribution in [0.2, 0.25) is 10.0 Å². The molecule has 3 N–H and O–H groups in total. The molecular weight excluding hydrogens is 283 g/mol. The summed E-state index contributed by atoms with van der Waals surface area (Å²) in [5.74, 6) is 1.30. The van der Waals surface area contributed by atoms with Gasteiger partial charge in [-0.1, -0.05) is 23.2 Å². The fourth-order valence-corrected chi connectivity index (χ4v) is 1.97. The van der Waals surface area contributed by atoms with E-state index in [1.54, 1.807) is 30.3 Å². The second-order valence-corrected chi connectivity index (χ2v) is 4.88. The van der Waals surface area contributed by atoms with Gasteiger partial charge in [0.05, 0.1) is 10.0 Å². The number of aryl methyl sites for hydroxylation is 1. The van der Waals surface area contributed by atoms with Crippen molar-refractivity contribution >= 4 is 29.0 Å². The van der Waals surface area contributed by atoms with Gasteiger partial charge in [0.2, 0.25) is 0 Å². The second-order valence-electron chi connectivity index (χ2n) is 4.07. The van der Waals surface area contributed by atoms with Gasteiger partial charge in [-0.15, -0.1) is 0 Å². The highest BCUT2D eigenvalue weighted by Crippen LogP contribution is 2.30. The van der Waals surface area contributed by atoms with Crippen LogP contribution in [0, 0.1) is 12.3 Å². The molecule has 0 bridgehead atoms. The van der Waals surface area contributed by atoms with Gasteiger partial charge in [0.25, 0.3) is 0 Å². The molecule has 0 amide bonds. The molecule has 0 aromatic heterocycles. The highest BCUT2D eigenvalue weighted by Gasteiger charge is 2.05. The van der Waals surface area contributed by atoms with Crippen LogP contribution in [0.3, 0.4) is 0 Å². The zero-order valence-corrected chi connectivity index (χ0v) is 11.7. The van der Waals surface area contributed by atoms with E-state index >= 15 is 0 Å². The summed E-state index contributed by atoms with van der Waals surface area (Å²) in [6, 6.07) is 10.4. The Balaban J connectivity index is 2.26. The normalized spacial score (nSPS) is 10.3. The van der Waals surface area contributed by atoms with E-state index < -0.39 is 0 Å². The van der Waals surface area contributed by atoms with E-state index in [1.807, 2.05) is 13.0 Å². The summed E-state index contributed by atoms with van der Waals surface area (Å²) < 4.78 is 5.68. The number of hydrogen-bond acceptors (Lipinski definition) is 2. The van der Waals surface area contributed by atoms with Crippen LogP contribution in [0.15, 0.2) is 36.4 Å². The van der Waals surface area contributed by atoms with Crippen molar-refractivity contribution in [1.29, 1.82) is 5.41 Å². The van der Waals surface area contributed by atoms with Crippen molar-refractivity contribution in [1.82, 2.24) is 0 Å². The number of benzene rings is 2. The van der Waals surface area contributed by atoms with Crippen LogP contribution >= 0.6 is 23.2 Å².